The topological polar surface area (TPSA) is 75.4 Å². The molecule has 2 unspecified atom stereocenters. The average Bonchev–Trinajstić information content (AvgIpc) is 2.85. The van der Waals surface area contributed by atoms with Crippen molar-refractivity contribution in [3.8, 4) is 0 Å². The van der Waals surface area contributed by atoms with Crippen molar-refractivity contribution in [1.29, 1.82) is 0 Å². The molecule has 0 aliphatic carbocycles. The predicted octanol–water partition coefficient (Wildman–Crippen LogP) is 0.690. The van der Waals surface area contributed by atoms with Gasteiger partial charge in [0.25, 0.3) is 0 Å². The predicted molar refractivity (Wildman–Crippen MR) is 63.4 cm³/mol. The lowest BCUT2D eigenvalue weighted by atomic mass is 10.0. The Morgan fingerprint density at radius 3 is 2.89 bits per heavy atom. The maximum absolute atomic E-state index is 12.2. The van der Waals surface area contributed by atoms with E-state index in [0.717, 1.165) is 6.42 Å². The summed E-state index contributed by atoms with van der Waals surface area (Å²) in [5.74, 6) is 0.410. The molecule has 1 aromatic heterocycles. The van der Waals surface area contributed by atoms with Gasteiger partial charge in [-0.25, -0.2) is 0 Å². The number of rotatable bonds is 4. The van der Waals surface area contributed by atoms with Crippen LogP contribution in [-0.4, -0.2) is 34.0 Å². The first-order chi connectivity index (χ1) is 8.63. The molecule has 1 aliphatic heterocycles. The van der Waals surface area contributed by atoms with Crippen LogP contribution in [0.2, 0.25) is 0 Å². The highest BCUT2D eigenvalue weighted by atomic mass is 16.5. The molecule has 6 heteroatoms. The number of nitrogens with zero attached hydrogens (tertiary/aromatic N) is 2. The van der Waals surface area contributed by atoms with Crippen molar-refractivity contribution in [2.24, 2.45) is 0 Å². The Hall–Kier alpha value is -1.85. The van der Waals surface area contributed by atoms with Crippen LogP contribution in [0.15, 0.2) is 16.8 Å². The van der Waals surface area contributed by atoms with Gasteiger partial charge < -0.3 is 14.7 Å². The van der Waals surface area contributed by atoms with Gasteiger partial charge >= 0.3 is 0 Å². The number of nitrogens with one attached hydrogen (secondary N) is 1. The Morgan fingerprint density at radius 2 is 2.28 bits per heavy atom. The van der Waals surface area contributed by atoms with Crippen molar-refractivity contribution in [1.82, 2.24) is 15.4 Å². The summed E-state index contributed by atoms with van der Waals surface area (Å²) in [7, 11) is 0. The summed E-state index contributed by atoms with van der Waals surface area (Å²) in [4.78, 5) is 25.6. The Bertz CT molecular complexity index is 430. The summed E-state index contributed by atoms with van der Waals surface area (Å²) in [6, 6.07) is 0.804. The van der Waals surface area contributed by atoms with Crippen molar-refractivity contribution in [3.63, 3.8) is 0 Å². The summed E-state index contributed by atoms with van der Waals surface area (Å²) >= 11 is 0. The Balaban J connectivity index is 2.14. The zero-order chi connectivity index (χ0) is 13.1. The van der Waals surface area contributed by atoms with Gasteiger partial charge in [-0.3, -0.25) is 9.59 Å². The fourth-order valence-corrected chi connectivity index (χ4v) is 2.08. The molecule has 1 aliphatic rings. The fraction of sp³-hybridized carbons (Fsp3) is 0.583. The molecule has 1 saturated heterocycles. The average molecular weight is 251 g/mol. The first kappa shape index (κ1) is 12.6. The minimum atomic E-state index is -0.476. The van der Waals surface area contributed by atoms with E-state index >= 15 is 0 Å². The molecule has 1 aromatic rings. The highest BCUT2D eigenvalue weighted by Crippen LogP contribution is 2.16. The molecule has 2 amide bonds. The maximum atomic E-state index is 12.2. The minimum absolute atomic E-state index is 0.0552. The molecule has 18 heavy (non-hydrogen) atoms. The largest absolute Gasteiger partial charge is 0.360 e. The number of hydrogen-bond acceptors (Lipinski definition) is 4. The summed E-state index contributed by atoms with van der Waals surface area (Å²) in [5.41, 5.74) is 0. The monoisotopic (exact) mass is 251 g/mol. The summed E-state index contributed by atoms with van der Waals surface area (Å²) in [6.45, 7) is 3.98. The highest BCUT2D eigenvalue weighted by molar-refractivity contribution is 5.96. The van der Waals surface area contributed by atoms with Gasteiger partial charge in [0.2, 0.25) is 11.8 Å². The Labute approximate surface area is 105 Å². The second-order valence-electron chi connectivity index (χ2n) is 4.47. The molecule has 0 aromatic carbocycles. The molecular weight excluding hydrogens is 234 g/mol. The SMILES string of the molecule is CCCC1NC(=O)C(C)N(Cc2ccno2)C1=O. The molecule has 98 valence electrons. The quantitative estimate of drug-likeness (QED) is 0.854. The molecule has 0 spiro atoms. The molecule has 1 fully saturated rings. The molecule has 2 atom stereocenters. The van der Waals surface area contributed by atoms with Gasteiger partial charge in [-0.15, -0.1) is 0 Å². The second-order valence-corrected chi connectivity index (χ2v) is 4.47. The number of aromatic nitrogens is 1. The van der Waals surface area contributed by atoms with Crippen LogP contribution in [0.5, 0.6) is 0 Å². The summed E-state index contributed by atoms with van der Waals surface area (Å²) in [5, 5.41) is 6.35. The van der Waals surface area contributed by atoms with Crippen molar-refractivity contribution >= 4 is 11.8 Å². The lowest BCUT2D eigenvalue weighted by Gasteiger charge is -2.36. The third-order valence-corrected chi connectivity index (χ3v) is 3.14. The van der Waals surface area contributed by atoms with E-state index in [2.05, 4.69) is 10.5 Å². The number of carbonyl (C=O) groups excluding carboxylic acids is 2. The van der Waals surface area contributed by atoms with Crippen LogP contribution >= 0.6 is 0 Å². The van der Waals surface area contributed by atoms with E-state index in [1.165, 1.54) is 6.20 Å². The number of carbonyl (C=O) groups is 2. The van der Waals surface area contributed by atoms with Crippen LogP contribution in [0.3, 0.4) is 0 Å². The maximum Gasteiger partial charge on any atom is 0.246 e. The third kappa shape index (κ3) is 2.37. The van der Waals surface area contributed by atoms with Crippen LogP contribution in [0.4, 0.5) is 0 Å². The first-order valence-corrected chi connectivity index (χ1v) is 6.14. The van der Waals surface area contributed by atoms with Crippen molar-refractivity contribution in [2.75, 3.05) is 0 Å². The smallest absolute Gasteiger partial charge is 0.246 e. The molecule has 1 N–H and O–H groups in total. The molecule has 6 nitrogen and oxygen atoms in total. The molecule has 2 heterocycles. The molecule has 2 rings (SSSR count). The van der Waals surface area contributed by atoms with Gasteiger partial charge in [-0.2, -0.15) is 0 Å². The van der Waals surface area contributed by atoms with Crippen molar-refractivity contribution in [3.05, 3.63) is 18.0 Å². The van der Waals surface area contributed by atoms with Gasteiger partial charge in [0, 0.05) is 6.07 Å². The van der Waals surface area contributed by atoms with Crippen LogP contribution < -0.4 is 5.32 Å². The van der Waals surface area contributed by atoms with E-state index in [1.807, 2.05) is 6.92 Å². The fourth-order valence-electron chi connectivity index (χ4n) is 2.08. The van der Waals surface area contributed by atoms with E-state index in [-0.39, 0.29) is 18.4 Å². The normalized spacial score (nSPS) is 24.2. The Morgan fingerprint density at radius 1 is 1.50 bits per heavy atom. The van der Waals surface area contributed by atoms with Crippen LogP contribution in [0.25, 0.3) is 0 Å². The first-order valence-electron chi connectivity index (χ1n) is 6.14. The third-order valence-electron chi connectivity index (χ3n) is 3.14. The Kier molecular flexibility index (Phi) is 3.64. The highest BCUT2D eigenvalue weighted by Gasteiger charge is 2.37. The summed E-state index contributed by atoms with van der Waals surface area (Å²) < 4.78 is 4.99. The van der Waals surface area contributed by atoms with E-state index < -0.39 is 12.1 Å². The van der Waals surface area contributed by atoms with E-state index in [0.29, 0.717) is 12.2 Å². The van der Waals surface area contributed by atoms with Gasteiger partial charge in [0.15, 0.2) is 5.76 Å². The zero-order valence-corrected chi connectivity index (χ0v) is 10.5. The van der Waals surface area contributed by atoms with Gasteiger partial charge in [-0.05, 0) is 13.3 Å². The number of amides is 2. The van der Waals surface area contributed by atoms with Gasteiger partial charge in [-0.1, -0.05) is 18.5 Å². The van der Waals surface area contributed by atoms with Gasteiger partial charge in [0.1, 0.15) is 12.1 Å². The van der Waals surface area contributed by atoms with Crippen molar-refractivity contribution < 1.29 is 14.1 Å². The standard InChI is InChI=1S/C12H17N3O3/c1-3-4-10-12(17)15(8(2)11(16)14-10)7-9-5-6-13-18-9/h5-6,8,10H,3-4,7H2,1-2H3,(H,14,16). The number of hydrogen-bond donors (Lipinski definition) is 1. The lowest BCUT2D eigenvalue weighted by molar-refractivity contribution is -0.149. The lowest BCUT2D eigenvalue weighted by Crippen LogP contribution is -2.61. The molecular formula is C12H17N3O3. The van der Waals surface area contributed by atoms with Crippen LogP contribution in [-0.2, 0) is 16.1 Å². The zero-order valence-electron chi connectivity index (χ0n) is 10.5. The van der Waals surface area contributed by atoms with Crippen LogP contribution in [0, 0.1) is 0 Å². The number of piperazine rings is 1. The van der Waals surface area contributed by atoms with E-state index in [9.17, 15) is 9.59 Å². The minimum Gasteiger partial charge on any atom is -0.360 e. The second kappa shape index (κ2) is 5.20. The van der Waals surface area contributed by atoms with E-state index in [4.69, 9.17) is 4.52 Å². The summed E-state index contributed by atoms with van der Waals surface area (Å²) in [6.07, 6.45) is 3.03. The van der Waals surface area contributed by atoms with Crippen molar-refractivity contribution in [2.45, 2.75) is 45.3 Å². The molecule has 0 bridgehead atoms. The molecule has 0 radical (unpaired) electrons. The molecule has 0 saturated carbocycles. The van der Waals surface area contributed by atoms with Crippen LogP contribution in [0.1, 0.15) is 32.4 Å². The van der Waals surface area contributed by atoms with E-state index in [1.54, 1.807) is 17.9 Å². The van der Waals surface area contributed by atoms with Gasteiger partial charge in [0.05, 0.1) is 12.7 Å².